The van der Waals surface area contributed by atoms with Crippen molar-refractivity contribution in [3.63, 3.8) is 0 Å². The van der Waals surface area contributed by atoms with Gasteiger partial charge in [0.05, 0.1) is 18.2 Å². The van der Waals surface area contributed by atoms with Crippen molar-refractivity contribution in [1.29, 1.82) is 0 Å². The van der Waals surface area contributed by atoms with Crippen molar-refractivity contribution < 1.29 is 9.21 Å². The van der Waals surface area contributed by atoms with Crippen LogP contribution < -0.4 is 11.1 Å². The zero-order valence-electron chi connectivity index (χ0n) is 11.2. The molecule has 1 unspecified atom stereocenters. The van der Waals surface area contributed by atoms with E-state index in [0.717, 1.165) is 12.0 Å². The van der Waals surface area contributed by atoms with Crippen molar-refractivity contribution in [2.75, 3.05) is 0 Å². The van der Waals surface area contributed by atoms with Gasteiger partial charge in [0.1, 0.15) is 12.0 Å². The molecule has 0 saturated carbocycles. The molecule has 0 fully saturated rings. The molecule has 1 amide bonds. The number of hydrogen-bond donors (Lipinski definition) is 2. The van der Waals surface area contributed by atoms with Crippen LogP contribution in [0.3, 0.4) is 0 Å². The van der Waals surface area contributed by atoms with Gasteiger partial charge in [-0.2, -0.15) is 0 Å². The van der Waals surface area contributed by atoms with E-state index in [1.54, 1.807) is 6.07 Å². The third-order valence-electron chi connectivity index (χ3n) is 3.10. The van der Waals surface area contributed by atoms with Crippen molar-refractivity contribution in [2.45, 2.75) is 25.9 Å². The first-order valence-corrected chi connectivity index (χ1v) is 6.85. The van der Waals surface area contributed by atoms with Crippen LogP contribution in [0.25, 0.3) is 0 Å². The molecule has 0 aliphatic heterocycles. The summed E-state index contributed by atoms with van der Waals surface area (Å²) < 4.78 is 5.17. The van der Waals surface area contributed by atoms with E-state index in [-0.39, 0.29) is 18.5 Å². The Bertz CT molecular complexity index is 578. The van der Waals surface area contributed by atoms with Crippen LogP contribution in [0.15, 0.2) is 41.0 Å². The van der Waals surface area contributed by atoms with E-state index in [2.05, 4.69) is 5.32 Å². The molecule has 0 aliphatic rings. The Balaban J connectivity index is 2.09. The third-order valence-corrected chi connectivity index (χ3v) is 3.36. The first-order chi connectivity index (χ1) is 9.63. The van der Waals surface area contributed by atoms with E-state index < -0.39 is 0 Å². The number of amides is 1. The maximum Gasteiger partial charge on any atom is 0.255 e. The molecule has 3 N–H and O–H groups in total. The predicted molar refractivity (Wildman–Crippen MR) is 78.5 cm³/mol. The highest BCUT2D eigenvalue weighted by Gasteiger charge is 2.15. The zero-order valence-corrected chi connectivity index (χ0v) is 12.0. The van der Waals surface area contributed by atoms with Crippen molar-refractivity contribution in [1.82, 2.24) is 5.32 Å². The van der Waals surface area contributed by atoms with Crippen LogP contribution in [0.5, 0.6) is 0 Å². The second kappa shape index (κ2) is 6.59. The number of halogens is 1. The van der Waals surface area contributed by atoms with Crippen molar-refractivity contribution in [2.24, 2.45) is 5.73 Å². The Morgan fingerprint density at radius 2 is 2.10 bits per heavy atom. The summed E-state index contributed by atoms with van der Waals surface area (Å²) >= 11 is 5.87. The number of nitrogens with two attached hydrogens (primary N) is 1. The molecular formula is C15H17ClN2O2. The van der Waals surface area contributed by atoms with E-state index in [1.165, 1.54) is 6.26 Å². The standard InChI is InChI=1S/C15H17ClN2O2/c1-2-14(10-3-5-12(16)6-4-10)18-15(19)11-7-13(8-17)20-9-11/h3-7,9,14H,2,8,17H2,1H3,(H,18,19). The summed E-state index contributed by atoms with van der Waals surface area (Å²) in [5, 5.41) is 3.65. The van der Waals surface area contributed by atoms with Crippen molar-refractivity contribution >= 4 is 17.5 Å². The topological polar surface area (TPSA) is 68.3 Å². The van der Waals surface area contributed by atoms with Crippen LogP contribution in [-0.2, 0) is 6.54 Å². The molecule has 0 aliphatic carbocycles. The molecular weight excluding hydrogens is 276 g/mol. The predicted octanol–water partition coefficient (Wildman–Crippen LogP) is 3.27. The fraction of sp³-hybridized carbons (Fsp3) is 0.267. The van der Waals surface area contributed by atoms with Gasteiger partial charge < -0.3 is 15.5 Å². The van der Waals surface area contributed by atoms with Gasteiger partial charge in [-0.3, -0.25) is 4.79 Å². The van der Waals surface area contributed by atoms with Crippen LogP contribution in [-0.4, -0.2) is 5.91 Å². The number of benzene rings is 1. The number of furan rings is 1. The zero-order chi connectivity index (χ0) is 14.5. The first-order valence-electron chi connectivity index (χ1n) is 6.47. The SMILES string of the molecule is CCC(NC(=O)c1coc(CN)c1)c1ccc(Cl)cc1. The summed E-state index contributed by atoms with van der Waals surface area (Å²) in [5.74, 6) is 0.421. The maximum atomic E-state index is 12.1. The van der Waals surface area contributed by atoms with Gasteiger partial charge in [-0.15, -0.1) is 0 Å². The van der Waals surface area contributed by atoms with Crippen LogP contribution in [0.2, 0.25) is 5.02 Å². The van der Waals surface area contributed by atoms with E-state index in [4.69, 9.17) is 21.8 Å². The minimum atomic E-state index is -0.171. The molecule has 106 valence electrons. The van der Waals surface area contributed by atoms with E-state index in [0.29, 0.717) is 16.3 Å². The van der Waals surface area contributed by atoms with E-state index in [1.807, 2.05) is 31.2 Å². The molecule has 2 aromatic rings. The molecule has 1 aromatic heterocycles. The van der Waals surface area contributed by atoms with E-state index in [9.17, 15) is 4.79 Å². The van der Waals surface area contributed by atoms with Gasteiger partial charge in [-0.1, -0.05) is 30.7 Å². The van der Waals surface area contributed by atoms with Crippen molar-refractivity contribution in [3.8, 4) is 0 Å². The molecule has 0 bridgehead atoms. The lowest BCUT2D eigenvalue weighted by molar-refractivity contribution is 0.0935. The molecule has 4 nitrogen and oxygen atoms in total. The second-order valence-electron chi connectivity index (χ2n) is 4.49. The van der Waals surface area contributed by atoms with Gasteiger partial charge in [-0.05, 0) is 30.2 Å². The molecule has 20 heavy (non-hydrogen) atoms. The number of carbonyl (C=O) groups excluding carboxylic acids is 1. The van der Waals surface area contributed by atoms with Gasteiger partial charge in [0.15, 0.2) is 0 Å². The Morgan fingerprint density at radius 3 is 2.65 bits per heavy atom. The third kappa shape index (κ3) is 3.40. The Labute approximate surface area is 122 Å². The minimum Gasteiger partial charge on any atom is -0.467 e. The van der Waals surface area contributed by atoms with Gasteiger partial charge in [0.25, 0.3) is 5.91 Å². The fourth-order valence-electron chi connectivity index (χ4n) is 1.96. The summed E-state index contributed by atoms with van der Waals surface area (Å²) in [6.07, 6.45) is 2.21. The largest absolute Gasteiger partial charge is 0.467 e. The van der Waals surface area contributed by atoms with E-state index >= 15 is 0 Å². The van der Waals surface area contributed by atoms with Gasteiger partial charge in [-0.25, -0.2) is 0 Å². The van der Waals surface area contributed by atoms with Gasteiger partial charge >= 0.3 is 0 Å². The number of rotatable bonds is 5. The highest BCUT2D eigenvalue weighted by Crippen LogP contribution is 2.20. The molecule has 0 saturated heterocycles. The Morgan fingerprint density at radius 1 is 1.40 bits per heavy atom. The normalized spacial score (nSPS) is 12.2. The maximum absolute atomic E-state index is 12.1. The smallest absolute Gasteiger partial charge is 0.255 e. The summed E-state index contributed by atoms with van der Waals surface area (Å²) in [4.78, 5) is 12.1. The van der Waals surface area contributed by atoms with Gasteiger partial charge in [0, 0.05) is 5.02 Å². The monoisotopic (exact) mass is 292 g/mol. The lowest BCUT2D eigenvalue weighted by atomic mass is 10.0. The average Bonchev–Trinajstić information content (AvgIpc) is 2.94. The summed E-state index contributed by atoms with van der Waals surface area (Å²) in [5.41, 5.74) is 6.96. The number of carbonyl (C=O) groups is 1. The summed E-state index contributed by atoms with van der Waals surface area (Å²) in [7, 11) is 0. The van der Waals surface area contributed by atoms with Crippen LogP contribution in [0.1, 0.15) is 41.1 Å². The number of hydrogen-bond acceptors (Lipinski definition) is 3. The lowest BCUT2D eigenvalue weighted by Gasteiger charge is -2.17. The van der Waals surface area contributed by atoms with Crippen LogP contribution >= 0.6 is 11.6 Å². The Hall–Kier alpha value is -1.78. The van der Waals surface area contributed by atoms with Crippen LogP contribution in [0.4, 0.5) is 0 Å². The average molecular weight is 293 g/mol. The first kappa shape index (κ1) is 14.6. The van der Waals surface area contributed by atoms with Gasteiger partial charge in [0.2, 0.25) is 0 Å². The minimum absolute atomic E-state index is 0.0593. The van der Waals surface area contributed by atoms with Crippen LogP contribution in [0, 0.1) is 0 Å². The molecule has 2 rings (SSSR count). The highest BCUT2D eigenvalue weighted by atomic mass is 35.5. The molecule has 0 spiro atoms. The molecule has 5 heteroatoms. The molecule has 1 atom stereocenters. The highest BCUT2D eigenvalue weighted by molar-refractivity contribution is 6.30. The lowest BCUT2D eigenvalue weighted by Crippen LogP contribution is -2.27. The quantitative estimate of drug-likeness (QED) is 0.888. The molecule has 1 aromatic carbocycles. The number of nitrogens with one attached hydrogen (secondary N) is 1. The molecule has 0 radical (unpaired) electrons. The molecule has 1 heterocycles. The summed E-state index contributed by atoms with van der Waals surface area (Å²) in [6, 6.07) is 9.06. The Kier molecular flexibility index (Phi) is 4.82. The summed E-state index contributed by atoms with van der Waals surface area (Å²) in [6.45, 7) is 2.29. The second-order valence-corrected chi connectivity index (χ2v) is 4.93. The fourth-order valence-corrected chi connectivity index (χ4v) is 2.09. The van der Waals surface area contributed by atoms with Crippen molar-refractivity contribution in [3.05, 3.63) is 58.5 Å².